The number of carbonyl (C=O) groups excluding carboxylic acids is 1. The van der Waals surface area contributed by atoms with E-state index < -0.39 is 17.7 Å². The van der Waals surface area contributed by atoms with Crippen molar-refractivity contribution >= 4 is 23.3 Å². The Kier molecular flexibility index (Phi) is 7.16. The molecule has 106 valence electrons. The van der Waals surface area contributed by atoms with E-state index in [4.69, 9.17) is 27.4 Å². The zero-order valence-electron chi connectivity index (χ0n) is 11.8. The lowest BCUT2D eigenvalue weighted by atomic mass is 10.2. The zero-order chi connectivity index (χ0) is 14.3. The van der Waals surface area contributed by atoms with Crippen LogP contribution in [0.3, 0.4) is 0 Å². The average Bonchev–Trinajstić information content (AvgIpc) is 2.12. The lowest BCUT2D eigenvalue weighted by Gasteiger charge is -2.23. The Morgan fingerprint density at radius 2 is 1.89 bits per heavy atom. The number of hydrogen-bond donors (Lipinski definition) is 2. The topological polar surface area (TPSA) is 73.6 Å². The van der Waals surface area contributed by atoms with E-state index in [0.717, 1.165) is 0 Å². The van der Waals surface area contributed by atoms with Crippen molar-refractivity contribution in [3.8, 4) is 0 Å². The van der Waals surface area contributed by atoms with E-state index in [0.29, 0.717) is 12.5 Å². The Balaban J connectivity index is 4.19. The highest BCUT2D eigenvalue weighted by atomic mass is 32.1. The minimum atomic E-state index is -0.552. The smallest absolute Gasteiger partial charge is 0.408 e. The first-order valence-corrected chi connectivity index (χ1v) is 6.39. The van der Waals surface area contributed by atoms with Crippen LogP contribution >= 0.6 is 12.2 Å². The molecule has 0 aliphatic carbocycles. The van der Waals surface area contributed by atoms with Gasteiger partial charge in [-0.15, -0.1) is 0 Å². The summed E-state index contributed by atoms with van der Waals surface area (Å²) in [7, 11) is 0. The van der Waals surface area contributed by atoms with E-state index in [1.54, 1.807) is 20.8 Å². The summed E-state index contributed by atoms with van der Waals surface area (Å²) in [4.78, 5) is 11.8. The van der Waals surface area contributed by atoms with Crippen LogP contribution in [0.25, 0.3) is 0 Å². The van der Waals surface area contributed by atoms with Crippen LogP contribution < -0.4 is 11.1 Å². The Morgan fingerprint density at radius 1 is 1.33 bits per heavy atom. The monoisotopic (exact) mass is 276 g/mol. The van der Waals surface area contributed by atoms with Gasteiger partial charge in [-0.2, -0.15) is 0 Å². The number of nitrogens with one attached hydrogen (secondary N) is 1. The van der Waals surface area contributed by atoms with Crippen molar-refractivity contribution in [3.63, 3.8) is 0 Å². The van der Waals surface area contributed by atoms with Crippen LogP contribution in [0.2, 0.25) is 0 Å². The summed E-state index contributed by atoms with van der Waals surface area (Å²) >= 11 is 4.88. The second-order valence-electron chi connectivity index (χ2n) is 5.53. The third-order valence-electron chi connectivity index (χ3n) is 1.77. The maximum atomic E-state index is 11.6. The first-order chi connectivity index (χ1) is 8.11. The van der Waals surface area contributed by atoms with Gasteiger partial charge in [0.05, 0.1) is 11.6 Å². The molecule has 6 heteroatoms. The largest absolute Gasteiger partial charge is 0.444 e. The highest BCUT2D eigenvalue weighted by molar-refractivity contribution is 7.80. The van der Waals surface area contributed by atoms with Crippen molar-refractivity contribution in [1.29, 1.82) is 0 Å². The predicted octanol–water partition coefficient (Wildman–Crippen LogP) is 1.84. The molecule has 3 N–H and O–H groups in total. The molecule has 0 saturated carbocycles. The van der Waals surface area contributed by atoms with Crippen molar-refractivity contribution < 1.29 is 14.3 Å². The van der Waals surface area contributed by atoms with Crippen LogP contribution in [0.15, 0.2) is 0 Å². The van der Waals surface area contributed by atoms with Gasteiger partial charge in [-0.1, -0.05) is 26.1 Å². The minimum Gasteiger partial charge on any atom is -0.444 e. The summed E-state index contributed by atoms with van der Waals surface area (Å²) in [5.74, 6) is 0.415. The number of thiocarbonyl (C=S) groups is 1. The van der Waals surface area contributed by atoms with Crippen molar-refractivity contribution in [2.45, 2.75) is 46.3 Å². The van der Waals surface area contributed by atoms with Crippen molar-refractivity contribution in [2.24, 2.45) is 11.7 Å². The normalized spacial score (nSPS) is 13.2. The standard InChI is InChI=1S/C12H24N2O3S/c1-8(2)6-16-7-9(10(13)18)14-11(15)17-12(3,4)5/h8-9H,6-7H2,1-5H3,(H2,13,18)(H,14,15)/t9-/m1/s1. The molecule has 0 aliphatic rings. The molecule has 0 aromatic rings. The summed E-state index contributed by atoms with van der Waals surface area (Å²) in [6.45, 7) is 10.3. The van der Waals surface area contributed by atoms with Gasteiger partial charge < -0.3 is 20.5 Å². The number of amides is 1. The maximum Gasteiger partial charge on any atom is 0.408 e. The minimum absolute atomic E-state index is 0.185. The summed E-state index contributed by atoms with van der Waals surface area (Å²) in [6, 6.07) is -0.506. The van der Waals surface area contributed by atoms with Gasteiger partial charge >= 0.3 is 6.09 Å². The Hall–Kier alpha value is -0.880. The van der Waals surface area contributed by atoms with E-state index in [1.807, 2.05) is 13.8 Å². The molecular formula is C12H24N2O3S. The molecule has 0 rings (SSSR count). The summed E-state index contributed by atoms with van der Waals surface area (Å²) in [5, 5.41) is 2.59. The van der Waals surface area contributed by atoms with Crippen molar-refractivity contribution in [2.75, 3.05) is 13.2 Å². The van der Waals surface area contributed by atoms with E-state index in [9.17, 15) is 4.79 Å². The fraction of sp³-hybridized carbons (Fsp3) is 0.833. The van der Waals surface area contributed by atoms with Gasteiger partial charge in [0.25, 0.3) is 0 Å². The number of rotatable bonds is 6. The fourth-order valence-electron chi connectivity index (χ4n) is 1.07. The van der Waals surface area contributed by atoms with Gasteiger partial charge in [-0.25, -0.2) is 4.79 Å². The first-order valence-electron chi connectivity index (χ1n) is 5.98. The SMILES string of the molecule is CC(C)COC[C@@H](NC(=O)OC(C)(C)C)C(N)=S. The number of ether oxygens (including phenoxy) is 2. The molecule has 0 heterocycles. The van der Waals surface area contributed by atoms with Crippen LogP contribution in [0, 0.1) is 5.92 Å². The van der Waals surface area contributed by atoms with Gasteiger partial charge in [-0.05, 0) is 26.7 Å². The lowest BCUT2D eigenvalue weighted by Crippen LogP contribution is -2.48. The first kappa shape index (κ1) is 17.1. The van der Waals surface area contributed by atoms with Crippen molar-refractivity contribution in [3.05, 3.63) is 0 Å². The molecule has 1 amide bonds. The summed E-state index contributed by atoms with van der Waals surface area (Å²) in [5.41, 5.74) is 4.99. The second kappa shape index (κ2) is 7.53. The summed E-state index contributed by atoms with van der Waals surface area (Å²) < 4.78 is 10.5. The zero-order valence-corrected chi connectivity index (χ0v) is 12.6. The lowest BCUT2D eigenvalue weighted by molar-refractivity contribution is 0.0464. The molecule has 0 saturated heterocycles. The Labute approximate surface area is 114 Å². The Bertz CT molecular complexity index is 288. The molecule has 0 aliphatic heterocycles. The quantitative estimate of drug-likeness (QED) is 0.724. The maximum absolute atomic E-state index is 11.6. The average molecular weight is 276 g/mol. The molecule has 0 unspecified atom stereocenters. The van der Waals surface area contributed by atoms with Crippen LogP contribution in [0.4, 0.5) is 4.79 Å². The van der Waals surface area contributed by atoms with E-state index in [1.165, 1.54) is 0 Å². The molecular weight excluding hydrogens is 252 g/mol. The Morgan fingerprint density at radius 3 is 2.28 bits per heavy atom. The van der Waals surface area contributed by atoms with Gasteiger partial charge in [0.15, 0.2) is 0 Å². The predicted molar refractivity (Wildman–Crippen MR) is 75.6 cm³/mol. The molecule has 0 aromatic carbocycles. The highest BCUT2D eigenvalue weighted by Gasteiger charge is 2.21. The van der Waals surface area contributed by atoms with Crippen LogP contribution in [0.1, 0.15) is 34.6 Å². The van der Waals surface area contributed by atoms with Crippen LogP contribution in [-0.4, -0.2) is 35.9 Å². The van der Waals surface area contributed by atoms with Gasteiger partial charge in [0.2, 0.25) is 0 Å². The molecule has 0 fully saturated rings. The van der Waals surface area contributed by atoms with E-state index in [2.05, 4.69) is 5.32 Å². The van der Waals surface area contributed by atoms with E-state index in [-0.39, 0.29) is 11.6 Å². The van der Waals surface area contributed by atoms with Crippen molar-refractivity contribution in [1.82, 2.24) is 5.32 Å². The number of alkyl carbamates (subject to hydrolysis) is 1. The van der Waals surface area contributed by atoms with Gasteiger partial charge in [0, 0.05) is 6.61 Å². The fourth-order valence-corrected chi connectivity index (χ4v) is 1.19. The molecule has 0 radical (unpaired) electrons. The second-order valence-corrected chi connectivity index (χ2v) is 6.00. The third kappa shape index (κ3) is 9.18. The molecule has 1 atom stereocenters. The molecule has 0 aromatic heterocycles. The molecule has 18 heavy (non-hydrogen) atoms. The third-order valence-corrected chi connectivity index (χ3v) is 2.05. The molecule has 0 spiro atoms. The van der Waals surface area contributed by atoms with Crippen LogP contribution in [-0.2, 0) is 9.47 Å². The molecule has 5 nitrogen and oxygen atoms in total. The van der Waals surface area contributed by atoms with Gasteiger partial charge in [0.1, 0.15) is 11.6 Å². The van der Waals surface area contributed by atoms with E-state index >= 15 is 0 Å². The number of nitrogens with two attached hydrogens (primary N) is 1. The summed E-state index contributed by atoms with van der Waals surface area (Å²) in [6.07, 6.45) is -0.548. The number of hydrogen-bond acceptors (Lipinski definition) is 4. The van der Waals surface area contributed by atoms with Crippen LogP contribution in [0.5, 0.6) is 0 Å². The highest BCUT2D eigenvalue weighted by Crippen LogP contribution is 2.07. The van der Waals surface area contributed by atoms with Gasteiger partial charge in [-0.3, -0.25) is 0 Å². The number of carbonyl (C=O) groups is 1. The molecule has 0 bridgehead atoms.